The van der Waals surface area contributed by atoms with Crippen LogP contribution in [0.4, 0.5) is 4.39 Å². The van der Waals surface area contributed by atoms with E-state index in [1.165, 1.54) is 4.80 Å². The molecule has 0 aliphatic heterocycles. The standard InChI is InChI=1S/C9H9BrFN5O3S/c1-16-14-9(13-15-16)4-19-7-3-6(11)8(2-5(7)10)20(12,17)18/h2-3H,4H2,1H3,(H2,12,17,18). The molecule has 2 N–H and O–H groups in total. The molecular weight excluding hydrogens is 357 g/mol. The Balaban J connectivity index is 2.23. The summed E-state index contributed by atoms with van der Waals surface area (Å²) in [5.41, 5.74) is 0. The molecule has 0 bridgehead atoms. The predicted molar refractivity (Wildman–Crippen MR) is 68.6 cm³/mol. The van der Waals surface area contributed by atoms with E-state index in [1.807, 2.05) is 0 Å². The van der Waals surface area contributed by atoms with Crippen molar-refractivity contribution in [1.29, 1.82) is 0 Å². The normalized spacial score (nSPS) is 11.6. The van der Waals surface area contributed by atoms with Crippen LogP contribution in [0.1, 0.15) is 5.82 Å². The lowest BCUT2D eigenvalue weighted by molar-refractivity contribution is 0.291. The highest BCUT2D eigenvalue weighted by Gasteiger charge is 2.18. The zero-order valence-electron chi connectivity index (χ0n) is 10.1. The van der Waals surface area contributed by atoms with Crippen LogP contribution >= 0.6 is 15.9 Å². The highest BCUT2D eigenvalue weighted by molar-refractivity contribution is 9.10. The van der Waals surface area contributed by atoms with Crippen LogP contribution in [0.3, 0.4) is 0 Å². The van der Waals surface area contributed by atoms with E-state index in [9.17, 15) is 12.8 Å². The summed E-state index contributed by atoms with van der Waals surface area (Å²) in [6.07, 6.45) is 0. The number of halogens is 2. The molecule has 0 saturated heterocycles. The van der Waals surface area contributed by atoms with Gasteiger partial charge in [-0.15, -0.1) is 10.2 Å². The summed E-state index contributed by atoms with van der Waals surface area (Å²) in [6.45, 7) is -0.0411. The van der Waals surface area contributed by atoms with Gasteiger partial charge >= 0.3 is 0 Å². The van der Waals surface area contributed by atoms with Gasteiger partial charge < -0.3 is 4.74 Å². The zero-order valence-corrected chi connectivity index (χ0v) is 12.5. The quantitative estimate of drug-likeness (QED) is 0.835. The van der Waals surface area contributed by atoms with Gasteiger partial charge in [0.25, 0.3) is 0 Å². The van der Waals surface area contributed by atoms with Gasteiger partial charge in [0.1, 0.15) is 16.5 Å². The maximum atomic E-state index is 13.6. The first kappa shape index (κ1) is 14.8. The molecule has 20 heavy (non-hydrogen) atoms. The molecule has 0 saturated carbocycles. The number of nitrogens with two attached hydrogens (primary N) is 1. The first-order valence-corrected chi connectivity index (χ1v) is 7.49. The molecule has 0 fully saturated rings. The predicted octanol–water partition coefficient (Wildman–Crippen LogP) is 0.338. The van der Waals surface area contributed by atoms with Crippen LogP contribution < -0.4 is 9.88 Å². The number of rotatable bonds is 4. The van der Waals surface area contributed by atoms with E-state index < -0.39 is 20.7 Å². The summed E-state index contributed by atoms with van der Waals surface area (Å²) < 4.78 is 41.5. The number of benzene rings is 1. The Labute approximate surface area is 121 Å². The van der Waals surface area contributed by atoms with Crippen molar-refractivity contribution < 1.29 is 17.5 Å². The van der Waals surface area contributed by atoms with Gasteiger partial charge in [0.15, 0.2) is 6.61 Å². The molecule has 0 amide bonds. The molecule has 0 spiro atoms. The van der Waals surface area contributed by atoms with Crippen LogP contribution in [0.15, 0.2) is 21.5 Å². The summed E-state index contributed by atoms with van der Waals surface area (Å²) in [5, 5.41) is 16.1. The van der Waals surface area contributed by atoms with E-state index >= 15 is 0 Å². The SMILES string of the molecule is Cn1nnc(COc2cc(F)c(S(N)(=O)=O)cc2Br)n1. The lowest BCUT2D eigenvalue weighted by Gasteiger charge is -2.08. The molecular formula is C9H9BrFN5O3S. The van der Waals surface area contributed by atoms with Crippen LogP contribution in [-0.4, -0.2) is 28.6 Å². The molecule has 0 aliphatic carbocycles. The Hall–Kier alpha value is -1.59. The van der Waals surface area contributed by atoms with Gasteiger partial charge in [-0.25, -0.2) is 17.9 Å². The van der Waals surface area contributed by atoms with E-state index in [0.29, 0.717) is 5.82 Å². The summed E-state index contributed by atoms with van der Waals surface area (Å²) >= 11 is 3.08. The second kappa shape index (κ2) is 5.42. The number of aryl methyl sites for hydroxylation is 1. The van der Waals surface area contributed by atoms with E-state index in [1.54, 1.807) is 7.05 Å². The first-order valence-electron chi connectivity index (χ1n) is 5.15. The smallest absolute Gasteiger partial charge is 0.241 e. The van der Waals surface area contributed by atoms with Crippen molar-refractivity contribution in [2.45, 2.75) is 11.5 Å². The van der Waals surface area contributed by atoms with Crippen molar-refractivity contribution in [3.05, 3.63) is 28.2 Å². The highest BCUT2D eigenvalue weighted by atomic mass is 79.9. The molecule has 11 heteroatoms. The van der Waals surface area contributed by atoms with Gasteiger partial charge in [-0.1, -0.05) is 0 Å². The molecule has 2 rings (SSSR count). The van der Waals surface area contributed by atoms with Gasteiger partial charge in [-0.05, 0) is 27.2 Å². The van der Waals surface area contributed by atoms with Gasteiger partial charge in [0.2, 0.25) is 15.8 Å². The number of aromatic nitrogens is 4. The minimum atomic E-state index is -4.14. The summed E-state index contributed by atoms with van der Waals surface area (Å²) in [5.74, 6) is -0.601. The zero-order chi connectivity index (χ0) is 14.9. The van der Waals surface area contributed by atoms with Crippen molar-refractivity contribution >= 4 is 26.0 Å². The van der Waals surface area contributed by atoms with Crippen LogP contribution in [0.2, 0.25) is 0 Å². The number of sulfonamides is 1. The maximum Gasteiger partial charge on any atom is 0.241 e. The van der Waals surface area contributed by atoms with Crippen molar-refractivity contribution in [1.82, 2.24) is 20.2 Å². The lowest BCUT2D eigenvalue weighted by Crippen LogP contribution is -2.14. The number of nitrogens with zero attached hydrogens (tertiary/aromatic N) is 4. The number of ether oxygens (including phenoxy) is 1. The molecule has 2 aromatic rings. The van der Waals surface area contributed by atoms with Crippen LogP contribution in [0, 0.1) is 5.82 Å². The minimum Gasteiger partial charge on any atom is -0.484 e. The number of hydrogen-bond donors (Lipinski definition) is 1. The molecule has 0 radical (unpaired) electrons. The Morgan fingerprint density at radius 2 is 2.20 bits per heavy atom. The monoisotopic (exact) mass is 365 g/mol. The topological polar surface area (TPSA) is 113 Å². The van der Waals surface area contributed by atoms with Crippen molar-refractivity contribution in [2.24, 2.45) is 12.2 Å². The number of primary sulfonamides is 1. The van der Waals surface area contributed by atoms with E-state index in [0.717, 1.165) is 12.1 Å². The second-order valence-electron chi connectivity index (χ2n) is 3.74. The van der Waals surface area contributed by atoms with Crippen LogP contribution in [0.25, 0.3) is 0 Å². The molecule has 0 aliphatic rings. The molecule has 8 nitrogen and oxygen atoms in total. The van der Waals surface area contributed by atoms with E-state index in [4.69, 9.17) is 9.88 Å². The summed E-state index contributed by atoms with van der Waals surface area (Å²) in [4.78, 5) is 0.632. The maximum absolute atomic E-state index is 13.6. The van der Waals surface area contributed by atoms with Crippen molar-refractivity contribution in [3.63, 3.8) is 0 Å². The Bertz CT molecular complexity index is 748. The van der Waals surface area contributed by atoms with Gasteiger partial charge in [-0.2, -0.15) is 4.80 Å². The summed E-state index contributed by atoms with van der Waals surface area (Å²) in [7, 11) is -2.54. The van der Waals surface area contributed by atoms with Gasteiger partial charge in [0, 0.05) is 6.07 Å². The number of tetrazole rings is 1. The largest absolute Gasteiger partial charge is 0.484 e. The fourth-order valence-corrected chi connectivity index (χ4v) is 2.58. The van der Waals surface area contributed by atoms with Gasteiger partial charge in [0.05, 0.1) is 11.5 Å². The molecule has 1 heterocycles. The Morgan fingerprint density at radius 1 is 1.50 bits per heavy atom. The molecule has 1 aromatic carbocycles. The Kier molecular flexibility index (Phi) is 4.01. The average Bonchev–Trinajstić information content (AvgIpc) is 2.74. The third-order valence-electron chi connectivity index (χ3n) is 2.20. The average molecular weight is 366 g/mol. The third kappa shape index (κ3) is 3.29. The van der Waals surface area contributed by atoms with Crippen molar-refractivity contribution in [2.75, 3.05) is 0 Å². The molecule has 1 aromatic heterocycles. The third-order valence-corrected chi connectivity index (χ3v) is 3.75. The van der Waals surface area contributed by atoms with Crippen LogP contribution in [0.5, 0.6) is 5.75 Å². The highest BCUT2D eigenvalue weighted by Crippen LogP contribution is 2.30. The van der Waals surface area contributed by atoms with E-state index in [2.05, 4.69) is 31.3 Å². The molecule has 108 valence electrons. The van der Waals surface area contributed by atoms with Crippen molar-refractivity contribution in [3.8, 4) is 5.75 Å². The fourth-order valence-electron chi connectivity index (χ4n) is 1.36. The fraction of sp³-hybridized carbons (Fsp3) is 0.222. The van der Waals surface area contributed by atoms with Gasteiger partial charge in [-0.3, -0.25) is 0 Å². The number of hydrogen-bond acceptors (Lipinski definition) is 6. The lowest BCUT2D eigenvalue weighted by atomic mass is 10.3. The first-order chi connectivity index (χ1) is 9.27. The molecule has 0 atom stereocenters. The summed E-state index contributed by atoms with van der Waals surface area (Å²) in [6, 6.07) is 1.95. The Morgan fingerprint density at radius 3 is 2.75 bits per heavy atom. The minimum absolute atomic E-state index is 0.0411. The van der Waals surface area contributed by atoms with E-state index in [-0.39, 0.29) is 16.8 Å². The molecule has 0 unspecified atom stereocenters. The second-order valence-corrected chi connectivity index (χ2v) is 6.13. The van der Waals surface area contributed by atoms with Crippen LogP contribution in [-0.2, 0) is 23.7 Å².